The Hall–Kier alpha value is -1.10. The lowest BCUT2D eigenvalue weighted by atomic mass is 10.00. The van der Waals surface area contributed by atoms with Crippen LogP contribution in [0.4, 0.5) is 5.69 Å². The molecule has 2 aliphatic heterocycles. The average Bonchev–Trinajstić information content (AvgIpc) is 3.02. The van der Waals surface area contributed by atoms with Crippen molar-refractivity contribution in [3.05, 3.63) is 29.8 Å². The average molecular weight is 318 g/mol. The first-order valence-electron chi connectivity index (χ1n) is 8.01. The number of rotatable bonds is 4. The number of nitrogens with zero attached hydrogens (tertiary/aromatic N) is 1. The number of ether oxygens (including phenoxy) is 2. The minimum absolute atomic E-state index is 0.109. The summed E-state index contributed by atoms with van der Waals surface area (Å²) in [5, 5.41) is 5.97. The third-order valence-corrected chi connectivity index (χ3v) is 4.64. The fourth-order valence-electron chi connectivity index (χ4n) is 3.33. The predicted octanol–water partition coefficient (Wildman–Crippen LogP) is 3.54. The zero-order valence-electron chi connectivity index (χ0n) is 12.9. The topological polar surface area (TPSA) is 42.8 Å². The van der Waals surface area contributed by atoms with Gasteiger partial charge in [-0.05, 0) is 43.7 Å². The van der Waals surface area contributed by atoms with E-state index in [0.29, 0.717) is 12.6 Å². The largest absolute Gasteiger partial charge is 0.343 e. The second kappa shape index (κ2) is 6.99. The predicted molar refractivity (Wildman–Crippen MR) is 89.6 cm³/mol. The molecule has 1 aromatic carbocycles. The van der Waals surface area contributed by atoms with Crippen molar-refractivity contribution in [1.82, 2.24) is 5.32 Å². The van der Waals surface area contributed by atoms with E-state index in [0.717, 1.165) is 30.6 Å². The number of aliphatic imine (C=N–C) groups is 1. The fourth-order valence-corrected chi connectivity index (χ4v) is 3.44. The molecule has 0 aliphatic carbocycles. The maximum atomic E-state index is 6.38. The Bertz CT molecular complexity index is 568. The van der Waals surface area contributed by atoms with E-state index in [2.05, 4.69) is 34.6 Å². The van der Waals surface area contributed by atoms with E-state index in [1.807, 2.05) is 24.3 Å². The van der Waals surface area contributed by atoms with Crippen LogP contribution in [0, 0.1) is 0 Å². The summed E-state index contributed by atoms with van der Waals surface area (Å²) in [5.74, 6) is -0.670. The van der Waals surface area contributed by atoms with E-state index in [1.54, 1.807) is 0 Å². The van der Waals surface area contributed by atoms with Crippen molar-refractivity contribution in [3.8, 4) is 0 Å². The van der Waals surface area contributed by atoms with Gasteiger partial charge in [-0.3, -0.25) is 0 Å². The van der Waals surface area contributed by atoms with E-state index < -0.39 is 5.79 Å². The summed E-state index contributed by atoms with van der Waals surface area (Å²) in [6.07, 6.45) is 4.54. The summed E-state index contributed by atoms with van der Waals surface area (Å²) in [6.45, 7) is 3.79. The van der Waals surface area contributed by atoms with Crippen molar-refractivity contribution in [3.63, 3.8) is 0 Å². The van der Waals surface area contributed by atoms with Crippen LogP contribution in [0.1, 0.15) is 38.2 Å². The van der Waals surface area contributed by atoms with E-state index in [9.17, 15) is 0 Å². The summed E-state index contributed by atoms with van der Waals surface area (Å²) in [4.78, 5) is 4.05. The van der Waals surface area contributed by atoms with Gasteiger partial charge in [0.05, 0.1) is 17.5 Å². The molecule has 118 valence electrons. The zero-order chi connectivity index (χ0) is 15.4. The first kappa shape index (κ1) is 15.8. The molecule has 2 fully saturated rings. The van der Waals surface area contributed by atoms with Crippen LogP contribution in [0.2, 0.25) is 0 Å². The molecular weight excluding hydrogens is 296 g/mol. The van der Waals surface area contributed by atoms with Crippen LogP contribution >= 0.6 is 12.2 Å². The highest BCUT2D eigenvalue weighted by Gasteiger charge is 2.44. The molecule has 0 spiro atoms. The Labute approximate surface area is 136 Å². The van der Waals surface area contributed by atoms with Gasteiger partial charge in [-0.25, -0.2) is 0 Å². The standard InChI is InChI=1S/C17H22N2O2S/c1-2-17(13-6-5-7-14(10-13)19-12-22)20-11-16(21-17)15-8-3-4-9-18-15/h5-7,10,15-16,18H,2-4,8-9,11H2,1H3/t15-,16+,17-/m0/s1. The monoisotopic (exact) mass is 318 g/mol. The van der Waals surface area contributed by atoms with Crippen molar-refractivity contribution >= 4 is 23.1 Å². The quantitative estimate of drug-likeness (QED) is 0.681. The van der Waals surface area contributed by atoms with Crippen molar-refractivity contribution in [2.75, 3.05) is 13.2 Å². The van der Waals surface area contributed by atoms with Crippen LogP contribution in [0.3, 0.4) is 0 Å². The van der Waals surface area contributed by atoms with Crippen LogP contribution in [0.25, 0.3) is 0 Å². The molecule has 2 heterocycles. The molecular formula is C17H22N2O2S. The van der Waals surface area contributed by atoms with Crippen molar-refractivity contribution in [2.24, 2.45) is 4.99 Å². The van der Waals surface area contributed by atoms with Gasteiger partial charge in [0.1, 0.15) is 6.10 Å². The first-order chi connectivity index (χ1) is 10.8. The minimum atomic E-state index is -0.670. The van der Waals surface area contributed by atoms with Crippen molar-refractivity contribution in [2.45, 2.75) is 50.5 Å². The third-order valence-electron chi connectivity index (χ3n) is 4.55. The Kier molecular flexibility index (Phi) is 5.01. The van der Waals surface area contributed by atoms with Crippen molar-refractivity contribution < 1.29 is 9.47 Å². The van der Waals surface area contributed by atoms with E-state index in [-0.39, 0.29) is 6.10 Å². The molecule has 0 bridgehead atoms. The summed E-state index contributed by atoms with van der Waals surface area (Å²) in [6, 6.07) is 8.25. The smallest absolute Gasteiger partial charge is 0.195 e. The second-order valence-electron chi connectivity index (χ2n) is 5.88. The maximum absolute atomic E-state index is 6.38. The van der Waals surface area contributed by atoms with Gasteiger partial charge >= 0.3 is 0 Å². The molecule has 0 saturated carbocycles. The van der Waals surface area contributed by atoms with Gasteiger partial charge in [-0.1, -0.05) is 25.5 Å². The SMILES string of the molecule is CC[C@]1(c2cccc(N=C=S)c2)OC[C@H]([C@@H]2CCCCN2)O1. The first-order valence-corrected chi connectivity index (χ1v) is 8.42. The lowest BCUT2D eigenvalue weighted by molar-refractivity contribution is -0.182. The van der Waals surface area contributed by atoms with E-state index in [4.69, 9.17) is 9.47 Å². The second-order valence-corrected chi connectivity index (χ2v) is 6.07. The van der Waals surface area contributed by atoms with Gasteiger partial charge in [-0.2, -0.15) is 4.99 Å². The number of hydrogen-bond acceptors (Lipinski definition) is 5. The highest BCUT2D eigenvalue weighted by molar-refractivity contribution is 7.78. The molecule has 1 N–H and O–H groups in total. The molecule has 2 saturated heterocycles. The molecule has 5 heteroatoms. The highest BCUT2D eigenvalue weighted by atomic mass is 32.1. The van der Waals surface area contributed by atoms with E-state index >= 15 is 0 Å². The summed E-state index contributed by atoms with van der Waals surface area (Å²) in [7, 11) is 0. The Balaban J connectivity index is 1.80. The van der Waals surface area contributed by atoms with Crippen LogP contribution in [-0.4, -0.2) is 30.5 Å². The van der Waals surface area contributed by atoms with Gasteiger partial charge in [0, 0.05) is 18.0 Å². The molecule has 0 aromatic heterocycles. The summed E-state index contributed by atoms with van der Waals surface area (Å²) < 4.78 is 12.5. The minimum Gasteiger partial charge on any atom is -0.343 e. The number of piperidine rings is 1. The molecule has 3 rings (SSSR count). The van der Waals surface area contributed by atoms with Gasteiger partial charge in [0.2, 0.25) is 0 Å². The normalized spacial score (nSPS) is 31.7. The van der Waals surface area contributed by atoms with Crippen LogP contribution < -0.4 is 5.32 Å². The molecule has 22 heavy (non-hydrogen) atoms. The molecule has 1 aromatic rings. The van der Waals surface area contributed by atoms with Gasteiger partial charge in [-0.15, -0.1) is 0 Å². The number of isothiocyanates is 1. The molecule has 3 atom stereocenters. The summed E-state index contributed by atoms with van der Waals surface area (Å²) >= 11 is 4.68. The van der Waals surface area contributed by atoms with E-state index in [1.165, 1.54) is 12.8 Å². The Morgan fingerprint density at radius 2 is 2.36 bits per heavy atom. The van der Waals surface area contributed by atoms with Gasteiger partial charge in [0.15, 0.2) is 5.79 Å². The molecule has 2 aliphatic rings. The molecule has 0 amide bonds. The van der Waals surface area contributed by atoms with Crippen molar-refractivity contribution in [1.29, 1.82) is 0 Å². The number of thiocarbonyl (C=S) groups is 1. The van der Waals surface area contributed by atoms with Crippen LogP contribution in [0.5, 0.6) is 0 Å². The maximum Gasteiger partial charge on any atom is 0.195 e. The molecule has 0 unspecified atom stereocenters. The van der Waals surface area contributed by atoms with Gasteiger partial charge < -0.3 is 14.8 Å². The Morgan fingerprint density at radius 3 is 3.09 bits per heavy atom. The number of hydrogen-bond donors (Lipinski definition) is 1. The summed E-state index contributed by atoms with van der Waals surface area (Å²) in [5.41, 5.74) is 1.78. The number of benzene rings is 1. The molecule has 0 radical (unpaired) electrons. The fraction of sp³-hybridized carbons (Fsp3) is 0.588. The lowest BCUT2D eigenvalue weighted by Gasteiger charge is -2.31. The lowest BCUT2D eigenvalue weighted by Crippen LogP contribution is -2.45. The molecule has 4 nitrogen and oxygen atoms in total. The Morgan fingerprint density at radius 1 is 1.45 bits per heavy atom. The van der Waals surface area contributed by atoms with Crippen LogP contribution in [0.15, 0.2) is 29.3 Å². The van der Waals surface area contributed by atoms with Gasteiger partial charge in [0.25, 0.3) is 0 Å². The van der Waals surface area contributed by atoms with Crippen LogP contribution in [-0.2, 0) is 15.3 Å². The highest BCUT2D eigenvalue weighted by Crippen LogP contribution is 2.39. The zero-order valence-corrected chi connectivity index (χ0v) is 13.7. The number of nitrogens with one attached hydrogen (secondary N) is 1. The third kappa shape index (κ3) is 3.14.